The average Bonchev–Trinajstić information content (AvgIpc) is 3.21. The fourth-order valence-electron chi connectivity index (χ4n) is 5.70. The van der Waals surface area contributed by atoms with Crippen molar-refractivity contribution in [3.63, 3.8) is 0 Å². The van der Waals surface area contributed by atoms with Crippen molar-refractivity contribution in [3.05, 3.63) is 64.7 Å². The molecule has 2 saturated heterocycles. The van der Waals surface area contributed by atoms with Crippen LogP contribution in [0, 0.1) is 0 Å². The molecule has 3 amide bonds. The SMILES string of the molecule is CC(=O)N1CCC(CC(=O)N2CCN(c3cccc(Cl)c3)CC2)(N2Cc3ccccc3C2=O)CC1. The lowest BCUT2D eigenvalue weighted by atomic mass is 9.82. The molecule has 0 aliphatic carbocycles. The fourth-order valence-corrected chi connectivity index (χ4v) is 5.88. The van der Waals surface area contributed by atoms with Crippen LogP contribution in [0.15, 0.2) is 48.5 Å². The van der Waals surface area contributed by atoms with Crippen LogP contribution in [0.2, 0.25) is 5.02 Å². The van der Waals surface area contributed by atoms with Gasteiger partial charge in [0.15, 0.2) is 0 Å². The summed E-state index contributed by atoms with van der Waals surface area (Å²) in [6.07, 6.45) is 1.51. The van der Waals surface area contributed by atoms with Gasteiger partial charge in [-0.2, -0.15) is 0 Å². The lowest BCUT2D eigenvalue weighted by Gasteiger charge is -2.48. The third-order valence-electron chi connectivity index (χ3n) is 7.82. The van der Waals surface area contributed by atoms with Crippen molar-refractivity contribution in [3.8, 4) is 0 Å². The molecule has 2 aromatic carbocycles. The quantitative estimate of drug-likeness (QED) is 0.653. The van der Waals surface area contributed by atoms with Crippen LogP contribution in [-0.4, -0.2) is 77.2 Å². The number of piperazine rings is 1. The van der Waals surface area contributed by atoms with Crippen molar-refractivity contribution in [1.29, 1.82) is 0 Å². The molecular formula is C27H31ClN4O3. The van der Waals surface area contributed by atoms with Crippen LogP contribution in [0.5, 0.6) is 0 Å². The molecule has 35 heavy (non-hydrogen) atoms. The number of fused-ring (bicyclic) bond motifs is 1. The van der Waals surface area contributed by atoms with Gasteiger partial charge in [0.1, 0.15) is 0 Å². The summed E-state index contributed by atoms with van der Waals surface area (Å²) >= 11 is 6.16. The molecule has 2 aromatic rings. The zero-order valence-electron chi connectivity index (χ0n) is 20.1. The highest BCUT2D eigenvalue weighted by atomic mass is 35.5. The molecule has 184 valence electrons. The molecule has 0 unspecified atom stereocenters. The summed E-state index contributed by atoms with van der Waals surface area (Å²) in [7, 11) is 0. The van der Waals surface area contributed by atoms with Crippen LogP contribution in [0.4, 0.5) is 5.69 Å². The molecule has 2 fully saturated rings. The van der Waals surface area contributed by atoms with Gasteiger partial charge in [-0.05, 0) is 42.7 Å². The predicted molar refractivity (Wildman–Crippen MR) is 135 cm³/mol. The topological polar surface area (TPSA) is 64.2 Å². The highest BCUT2D eigenvalue weighted by molar-refractivity contribution is 6.30. The second kappa shape index (κ2) is 9.53. The van der Waals surface area contributed by atoms with Crippen molar-refractivity contribution in [1.82, 2.24) is 14.7 Å². The van der Waals surface area contributed by atoms with Crippen LogP contribution in [0.1, 0.15) is 42.1 Å². The monoisotopic (exact) mass is 494 g/mol. The van der Waals surface area contributed by atoms with Crippen LogP contribution < -0.4 is 4.90 Å². The minimum Gasteiger partial charge on any atom is -0.368 e. The van der Waals surface area contributed by atoms with E-state index in [0.717, 1.165) is 29.9 Å². The van der Waals surface area contributed by atoms with Crippen molar-refractivity contribution in [2.24, 2.45) is 0 Å². The summed E-state index contributed by atoms with van der Waals surface area (Å²) in [4.78, 5) is 46.9. The van der Waals surface area contributed by atoms with E-state index in [9.17, 15) is 14.4 Å². The number of piperidine rings is 1. The van der Waals surface area contributed by atoms with Gasteiger partial charge in [0, 0.05) is 69.0 Å². The van der Waals surface area contributed by atoms with E-state index >= 15 is 0 Å². The standard InChI is InChI=1S/C27H31ClN4O3/c1-20(33)29-11-9-27(10-12-29,32-19-21-5-2-3-8-24(21)26(32)35)18-25(34)31-15-13-30(14-16-31)23-7-4-6-22(28)17-23/h2-8,17H,9-16,18-19H2,1H3. The molecule has 0 spiro atoms. The van der Waals surface area contributed by atoms with Gasteiger partial charge < -0.3 is 19.6 Å². The highest BCUT2D eigenvalue weighted by Crippen LogP contribution is 2.39. The Morgan fingerprint density at radius 2 is 1.63 bits per heavy atom. The van der Waals surface area contributed by atoms with Gasteiger partial charge in [0.05, 0.1) is 12.0 Å². The first-order valence-corrected chi connectivity index (χ1v) is 12.7. The van der Waals surface area contributed by atoms with Crippen molar-refractivity contribution >= 4 is 35.0 Å². The van der Waals surface area contributed by atoms with E-state index in [1.165, 1.54) is 0 Å². The van der Waals surface area contributed by atoms with Gasteiger partial charge in [0.25, 0.3) is 5.91 Å². The Kier molecular flexibility index (Phi) is 6.45. The second-order valence-corrected chi connectivity index (χ2v) is 10.2. The van der Waals surface area contributed by atoms with E-state index in [0.29, 0.717) is 50.6 Å². The van der Waals surface area contributed by atoms with Gasteiger partial charge in [-0.15, -0.1) is 0 Å². The molecule has 0 N–H and O–H groups in total. The molecule has 0 radical (unpaired) electrons. The number of rotatable bonds is 4. The zero-order chi connectivity index (χ0) is 24.6. The fraction of sp³-hybridized carbons (Fsp3) is 0.444. The van der Waals surface area contributed by atoms with Crippen molar-refractivity contribution in [2.45, 2.75) is 38.3 Å². The number of nitrogens with zero attached hydrogens (tertiary/aromatic N) is 4. The molecule has 3 heterocycles. The van der Waals surface area contributed by atoms with Gasteiger partial charge >= 0.3 is 0 Å². The lowest BCUT2D eigenvalue weighted by molar-refractivity contribution is -0.136. The predicted octanol–water partition coefficient (Wildman–Crippen LogP) is 3.42. The summed E-state index contributed by atoms with van der Waals surface area (Å²) in [6, 6.07) is 15.5. The number of carbonyl (C=O) groups excluding carboxylic acids is 3. The second-order valence-electron chi connectivity index (χ2n) is 9.80. The summed E-state index contributed by atoms with van der Waals surface area (Å²) in [5, 5.41) is 0.705. The normalized spacial score (nSPS) is 19.7. The third kappa shape index (κ3) is 4.61. The van der Waals surface area contributed by atoms with Crippen LogP contribution in [0.25, 0.3) is 0 Å². The minimum atomic E-state index is -0.580. The smallest absolute Gasteiger partial charge is 0.254 e. The Bertz CT molecular complexity index is 1140. The molecule has 3 aliphatic heterocycles. The molecule has 0 bridgehead atoms. The van der Waals surface area contributed by atoms with Crippen LogP contribution in [-0.2, 0) is 16.1 Å². The van der Waals surface area contributed by atoms with Crippen molar-refractivity contribution < 1.29 is 14.4 Å². The first kappa shape index (κ1) is 23.7. The maximum atomic E-state index is 13.6. The maximum Gasteiger partial charge on any atom is 0.254 e. The first-order chi connectivity index (χ1) is 16.9. The van der Waals surface area contributed by atoms with E-state index in [4.69, 9.17) is 11.6 Å². The van der Waals surface area contributed by atoms with Crippen LogP contribution in [0.3, 0.4) is 0 Å². The highest BCUT2D eigenvalue weighted by Gasteiger charge is 2.47. The van der Waals surface area contributed by atoms with Crippen LogP contribution >= 0.6 is 11.6 Å². The number of anilines is 1. The summed E-state index contributed by atoms with van der Waals surface area (Å²) in [5.41, 5.74) is 2.22. The number of benzene rings is 2. The Morgan fingerprint density at radius 1 is 0.914 bits per heavy atom. The molecule has 3 aliphatic rings. The maximum absolute atomic E-state index is 13.6. The van der Waals surface area contributed by atoms with E-state index in [2.05, 4.69) is 4.90 Å². The number of hydrogen-bond acceptors (Lipinski definition) is 4. The lowest BCUT2D eigenvalue weighted by Crippen LogP contribution is -2.59. The largest absolute Gasteiger partial charge is 0.368 e. The molecule has 5 rings (SSSR count). The Hall–Kier alpha value is -3.06. The number of hydrogen-bond donors (Lipinski definition) is 0. The molecule has 0 atom stereocenters. The van der Waals surface area contributed by atoms with E-state index in [1.807, 2.05) is 63.2 Å². The summed E-state index contributed by atoms with van der Waals surface area (Å²) < 4.78 is 0. The molecule has 0 saturated carbocycles. The van der Waals surface area contributed by atoms with Gasteiger partial charge in [-0.1, -0.05) is 35.9 Å². The zero-order valence-corrected chi connectivity index (χ0v) is 20.8. The van der Waals surface area contributed by atoms with Gasteiger partial charge in [-0.25, -0.2) is 0 Å². The first-order valence-electron chi connectivity index (χ1n) is 12.3. The van der Waals surface area contributed by atoms with Crippen molar-refractivity contribution in [2.75, 3.05) is 44.2 Å². The van der Waals surface area contributed by atoms with E-state index in [-0.39, 0.29) is 24.1 Å². The molecule has 8 heteroatoms. The number of amides is 3. The van der Waals surface area contributed by atoms with E-state index in [1.54, 1.807) is 6.92 Å². The third-order valence-corrected chi connectivity index (χ3v) is 8.05. The number of carbonyl (C=O) groups is 3. The number of halogens is 1. The Morgan fingerprint density at radius 3 is 2.29 bits per heavy atom. The molecular weight excluding hydrogens is 464 g/mol. The Labute approximate surface area is 211 Å². The number of likely N-dealkylation sites (tertiary alicyclic amines) is 1. The van der Waals surface area contributed by atoms with Gasteiger partial charge in [0.2, 0.25) is 11.8 Å². The summed E-state index contributed by atoms with van der Waals surface area (Å²) in [5.74, 6) is 0.115. The average molecular weight is 495 g/mol. The van der Waals surface area contributed by atoms with Gasteiger partial charge in [-0.3, -0.25) is 14.4 Å². The van der Waals surface area contributed by atoms with E-state index < -0.39 is 5.54 Å². The molecule has 7 nitrogen and oxygen atoms in total. The minimum absolute atomic E-state index is 0.00421. The Balaban J connectivity index is 1.31. The summed E-state index contributed by atoms with van der Waals surface area (Å²) in [6.45, 7) is 5.97. The molecule has 0 aromatic heterocycles.